The Morgan fingerprint density at radius 2 is 1.95 bits per heavy atom. The van der Waals surface area contributed by atoms with Crippen LogP contribution < -0.4 is 5.73 Å². The SMILES string of the molecule is CC(C)(CCN)CCc1nc(COCC(F)(F)F)no1. The van der Waals surface area contributed by atoms with Crippen molar-refractivity contribution in [1.82, 2.24) is 10.1 Å². The van der Waals surface area contributed by atoms with Gasteiger partial charge in [0, 0.05) is 6.42 Å². The molecule has 0 spiro atoms. The van der Waals surface area contributed by atoms with E-state index in [1.807, 2.05) is 0 Å². The van der Waals surface area contributed by atoms with E-state index in [1.54, 1.807) is 0 Å². The van der Waals surface area contributed by atoms with Crippen molar-refractivity contribution in [2.75, 3.05) is 13.2 Å². The van der Waals surface area contributed by atoms with E-state index in [0.717, 1.165) is 12.8 Å². The molecular weight excluding hydrogens is 275 g/mol. The molecule has 20 heavy (non-hydrogen) atoms. The maximum atomic E-state index is 11.9. The summed E-state index contributed by atoms with van der Waals surface area (Å²) < 4.78 is 45.1. The van der Waals surface area contributed by atoms with Crippen molar-refractivity contribution in [3.8, 4) is 0 Å². The third-order valence-corrected chi connectivity index (χ3v) is 2.84. The summed E-state index contributed by atoms with van der Waals surface area (Å²) in [4.78, 5) is 3.99. The molecule has 0 amide bonds. The van der Waals surface area contributed by atoms with Crippen molar-refractivity contribution in [3.63, 3.8) is 0 Å². The molecule has 0 aliphatic heterocycles. The number of halogens is 3. The third kappa shape index (κ3) is 6.85. The first-order valence-corrected chi connectivity index (χ1v) is 6.38. The van der Waals surface area contributed by atoms with Gasteiger partial charge in [-0.15, -0.1) is 0 Å². The molecule has 5 nitrogen and oxygen atoms in total. The van der Waals surface area contributed by atoms with Gasteiger partial charge >= 0.3 is 6.18 Å². The Hall–Kier alpha value is -1.15. The van der Waals surface area contributed by atoms with E-state index in [-0.39, 0.29) is 17.8 Å². The van der Waals surface area contributed by atoms with Crippen LogP contribution in [0.2, 0.25) is 0 Å². The number of aryl methyl sites for hydroxylation is 1. The summed E-state index contributed by atoms with van der Waals surface area (Å²) in [7, 11) is 0. The van der Waals surface area contributed by atoms with Crippen LogP contribution in [0.25, 0.3) is 0 Å². The fourth-order valence-corrected chi connectivity index (χ4v) is 1.67. The highest BCUT2D eigenvalue weighted by Gasteiger charge is 2.27. The van der Waals surface area contributed by atoms with E-state index < -0.39 is 12.8 Å². The van der Waals surface area contributed by atoms with Crippen LogP contribution in [0.1, 0.15) is 38.4 Å². The third-order valence-electron chi connectivity index (χ3n) is 2.84. The Labute approximate surface area is 115 Å². The molecule has 116 valence electrons. The molecule has 0 aliphatic rings. The van der Waals surface area contributed by atoms with E-state index in [9.17, 15) is 13.2 Å². The summed E-state index contributed by atoms with van der Waals surface area (Å²) in [6.07, 6.45) is -2.09. The highest BCUT2D eigenvalue weighted by molar-refractivity contribution is 4.86. The first-order valence-electron chi connectivity index (χ1n) is 6.38. The van der Waals surface area contributed by atoms with Crippen molar-refractivity contribution in [2.45, 2.75) is 45.9 Å². The predicted octanol–water partition coefficient (Wildman–Crippen LogP) is 2.46. The van der Waals surface area contributed by atoms with Crippen LogP contribution in [0.5, 0.6) is 0 Å². The zero-order valence-electron chi connectivity index (χ0n) is 11.7. The molecule has 1 heterocycles. The average Bonchev–Trinajstić information content (AvgIpc) is 2.73. The molecule has 0 aromatic carbocycles. The van der Waals surface area contributed by atoms with E-state index in [1.165, 1.54) is 0 Å². The molecular formula is C12H20F3N3O2. The van der Waals surface area contributed by atoms with Gasteiger partial charge in [0.2, 0.25) is 5.89 Å². The Bertz CT molecular complexity index is 405. The highest BCUT2D eigenvalue weighted by Crippen LogP contribution is 2.25. The van der Waals surface area contributed by atoms with Crippen molar-refractivity contribution < 1.29 is 22.4 Å². The number of ether oxygens (including phenoxy) is 1. The van der Waals surface area contributed by atoms with Crippen LogP contribution in [-0.2, 0) is 17.8 Å². The van der Waals surface area contributed by atoms with Gasteiger partial charge in [-0.3, -0.25) is 0 Å². The predicted molar refractivity (Wildman–Crippen MR) is 65.8 cm³/mol. The fraction of sp³-hybridized carbons (Fsp3) is 0.833. The molecule has 0 bridgehead atoms. The second-order valence-corrected chi connectivity index (χ2v) is 5.42. The van der Waals surface area contributed by atoms with E-state index in [2.05, 4.69) is 28.7 Å². The zero-order chi connectivity index (χ0) is 15.2. The molecule has 0 radical (unpaired) electrons. The first-order chi connectivity index (χ1) is 9.22. The molecule has 0 saturated heterocycles. The van der Waals surface area contributed by atoms with Crippen molar-refractivity contribution in [1.29, 1.82) is 0 Å². The van der Waals surface area contributed by atoms with Gasteiger partial charge < -0.3 is 15.0 Å². The van der Waals surface area contributed by atoms with E-state index >= 15 is 0 Å². The van der Waals surface area contributed by atoms with Crippen molar-refractivity contribution in [2.24, 2.45) is 11.1 Å². The van der Waals surface area contributed by atoms with Crippen LogP contribution >= 0.6 is 0 Å². The standard InChI is InChI=1S/C12H20F3N3O2/c1-11(2,5-6-16)4-3-10-17-9(18-20-10)7-19-8-12(13,14)15/h3-8,16H2,1-2H3. The summed E-state index contributed by atoms with van der Waals surface area (Å²) in [5.41, 5.74) is 5.58. The van der Waals surface area contributed by atoms with Crippen LogP contribution in [0, 0.1) is 5.41 Å². The normalized spacial score (nSPS) is 12.9. The number of hydrogen-bond acceptors (Lipinski definition) is 5. The monoisotopic (exact) mass is 295 g/mol. The molecule has 0 fully saturated rings. The van der Waals surface area contributed by atoms with Crippen LogP contribution in [0.15, 0.2) is 4.52 Å². The summed E-state index contributed by atoms with van der Waals surface area (Å²) in [6.45, 7) is 3.15. The summed E-state index contributed by atoms with van der Waals surface area (Å²) in [5, 5.41) is 3.58. The lowest BCUT2D eigenvalue weighted by Gasteiger charge is -2.22. The molecule has 8 heteroatoms. The highest BCUT2D eigenvalue weighted by atomic mass is 19.4. The molecule has 1 aromatic rings. The van der Waals surface area contributed by atoms with Crippen molar-refractivity contribution >= 4 is 0 Å². The van der Waals surface area contributed by atoms with Crippen LogP contribution in [0.4, 0.5) is 13.2 Å². The number of nitrogens with two attached hydrogens (primary N) is 1. The van der Waals surface area contributed by atoms with Gasteiger partial charge in [0.05, 0.1) is 0 Å². The minimum Gasteiger partial charge on any atom is -0.364 e. The molecule has 0 aliphatic carbocycles. The first kappa shape index (κ1) is 16.9. The smallest absolute Gasteiger partial charge is 0.364 e. The van der Waals surface area contributed by atoms with Crippen molar-refractivity contribution in [3.05, 3.63) is 11.7 Å². The van der Waals surface area contributed by atoms with Gasteiger partial charge in [-0.2, -0.15) is 18.2 Å². The Kier molecular flexibility index (Phi) is 5.94. The lowest BCUT2D eigenvalue weighted by Crippen LogP contribution is -2.18. The zero-order valence-corrected chi connectivity index (χ0v) is 11.7. The molecule has 2 N–H and O–H groups in total. The number of aromatic nitrogens is 2. The topological polar surface area (TPSA) is 74.2 Å². The van der Waals surface area contributed by atoms with E-state index in [4.69, 9.17) is 10.3 Å². The number of nitrogens with zero attached hydrogens (tertiary/aromatic N) is 2. The summed E-state index contributed by atoms with van der Waals surface area (Å²) in [5.74, 6) is 0.529. The Morgan fingerprint density at radius 3 is 2.55 bits per heavy atom. The largest absolute Gasteiger partial charge is 0.411 e. The van der Waals surface area contributed by atoms with Gasteiger partial charge in [-0.05, 0) is 24.8 Å². The van der Waals surface area contributed by atoms with Gasteiger partial charge in [0.15, 0.2) is 5.82 Å². The van der Waals surface area contributed by atoms with Crippen LogP contribution in [0.3, 0.4) is 0 Å². The molecule has 1 rings (SSSR count). The maximum absolute atomic E-state index is 11.9. The molecule has 0 unspecified atom stereocenters. The summed E-state index contributed by atoms with van der Waals surface area (Å²) >= 11 is 0. The fourth-order valence-electron chi connectivity index (χ4n) is 1.67. The van der Waals surface area contributed by atoms with Gasteiger partial charge in [-0.25, -0.2) is 0 Å². The Morgan fingerprint density at radius 1 is 1.25 bits per heavy atom. The average molecular weight is 295 g/mol. The second kappa shape index (κ2) is 7.03. The molecule has 1 aromatic heterocycles. The molecule has 0 atom stereocenters. The van der Waals surface area contributed by atoms with Crippen LogP contribution in [-0.4, -0.2) is 29.5 Å². The Balaban J connectivity index is 2.36. The number of rotatable bonds is 8. The van der Waals surface area contributed by atoms with Gasteiger partial charge in [0.25, 0.3) is 0 Å². The lowest BCUT2D eigenvalue weighted by atomic mass is 9.84. The minimum absolute atomic E-state index is 0.0656. The quantitative estimate of drug-likeness (QED) is 0.797. The van der Waals surface area contributed by atoms with Gasteiger partial charge in [-0.1, -0.05) is 19.0 Å². The molecule has 0 saturated carbocycles. The number of alkyl halides is 3. The minimum atomic E-state index is -4.35. The summed E-state index contributed by atoms with van der Waals surface area (Å²) in [6, 6.07) is 0. The lowest BCUT2D eigenvalue weighted by molar-refractivity contribution is -0.177. The van der Waals surface area contributed by atoms with Gasteiger partial charge in [0.1, 0.15) is 13.2 Å². The second-order valence-electron chi connectivity index (χ2n) is 5.42. The maximum Gasteiger partial charge on any atom is 0.411 e. The number of hydrogen-bond donors (Lipinski definition) is 1. The van der Waals surface area contributed by atoms with E-state index in [0.29, 0.717) is 18.9 Å².